The van der Waals surface area contributed by atoms with Gasteiger partial charge in [0.2, 0.25) is 0 Å². The molecule has 0 fully saturated rings. The molecule has 2 nitrogen and oxygen atoms in total. The predicted molar refractivity (Wildman–Crippen MR) is 65.4 cm³/mol. The lowest BCUT2D eigenvalue weighted by Gasteiger charge is -2.15. The Morgan fingerprint density at radius 3 is 2.43 bits per heavy atom. The van der Waals surface area contributed by atoms with E-state index in [1.807, 2.05) is 24.3 Å². The Labute approximate surface area is 89.1 Å². The molecule has 0 radical (unpaired) electrons. The number of hydrogen-bond acceptors (Lipinski definition) is 2. The first-order chi connectivity index (χ1) is 6.80. The Kier molecular flexibility index (Phi) is 5.22. The van der Waals surface area contributed by atoms with Gasteiger partial charge in [0.1, 0.15) is 11.5 Å². The van der Waals surface area contributed by atoms with Gasteiger partial charge in [0.05, 0.1) is 17.6 Å². The molecule has 0 saturated carbocycles. The molecule has 14 heavy (non-hydrogen) atoms. The molecule has 1 atom stereocenters. The molecule has 0 N–H and O–H groups in total. The van der Waals surface area contributed by atoms with Crippen LogP contribution in [-0.4, -0.2) is 12.3 Å². The van der Waals surface area contributed by atoms with E-state index in [-0.39, 0.29) is 8.15 Å². The van der Waals surface area contributed by atoms with Crippen LogP contribution in [0.25, 0.3) is 0 Å². The van der Waals surface area contributed by atoms with E-state index in [1.54, 1.807) is 0 Å². The van der Waals surface area contributed by atoms with Crippen molar-refractivity contribution in [1.82, 2.24) is 0 Å². The second-order valence-electron chi connectivity index (χ2n) is 2.80. The summed E-state index contributed by atoms with van der Waals surface area (Å²) < 4.78 is 10.9. The average Bonchev–Trinajstić information content (AvgIpc) is 2.26. The van der Waals surface area contributed by atoms with E-state index >= 15 is 0 Å². The molecule has 0 amide bonds. The summed E-state index contributed by atoms with van der Waals surface area (Å²) in [5.41, 5.74) is 0. The van der Waals surface area contributed by atoms with Crippen molar-refractivity contribution in [2.24, 2.45) is 0 Å². The summed E-state index contributed by atoms with van der Waals surface area (Å²) in [6.07, 6.45) is 2.19. The third kappa shape index (κ3) is 3.44. The average molecular weight is 230 g/mol. The molecule has 0 bridgehead atoms. The van der Waals surface area contributed by atoms with Crippen LogP contribution in [0.15, 0.2) is 24.3 Å². The summed E-state index contributed by atoms with van der Waals surface area (Å²) in [4.78, 5) is 0. The zero-order valence-corrected chi connectivity index (χ0v) is 10.6. The lowest BCUT2D eigenvalue weighted by Crippen LogP contribution is -1.92. The molecule has 0 aliphatic carbocycles. The Hall–Kier alpha value is -0.320. The third-order valence-corrected chi connectivity index (χ3v) is 4.03. The maximum absolute atomic E-state index is 5.83. The molecule has 0 aliphatic heterocycles. The fourth-order valence-electron chi connectivity index (χ4n) is 1.11. The van der Waals surface area contributed by atoms with Crippen LogP contribution in [0.1, 0.15) is 13.8 Å². The Morgan fingerprint density at radius 1 is 1.21 bits per heavy atom. The molecule has 1 aromatic rings. The summed E-state index contributed by atoms with van der Waals surface area (Å²) >= 11 is 0. The monoisotopic (exact) mass is 230 g/mol. The lowest BCUT2D eigenvalue weighted by atomic mass is 10.3. The first-order valence-corrected chi connectivity index (χ1v) is 6.80. The normalized spacial score (nSPS) is 10.3. The topological polar surface area (TPSA) is 18.5 Å². The fourth-order valence-corrected chi connectivity index (χ4v) is 2.37. The van der Waals surface area contributed by atoms with E-state index in [0.29, 0.717) is 0 Å². The zero-order valence-electron chi connectivity index (χ0n) is 8.56. The Bertz CT molecular complexity index is 275. The molecule has 1 aromatic carbocycles. The van der Waals surface area contributed by atoms with Crippen LogP contribution >= 0.6 is 17.6 Å². The highest BCUT2D eigenvalue weighted by molar-refractivity contribution is 7.52. The second-order valence-corrected chi connectivity index (χ2v) is 5.45. The van der Waals surface area contributed by atoms with Crippen LogP contribution < -0.4 is 9.05 Å². The molecule has 78 valence electrons. The first-order valence-electron chi connectivity index (χ1n) is 4.69. The van der Waals surface area contributed by atoms with Crippen LogP contribution in [-0.2, 0) is 0 Å². The van der Waals surface area contributed by atoms with Crippen LogP contribution in [0.2, 0.25) is 0 Å². The minimum absolute atomic E-state index is 0.312. The van der Waals surface area contributed by atoms with E-state index in [1.165, 1.54) is 0 Å². The molecule has 1 rings (SSSR count). The van der Waals surface area contributed by atoms with Crippen molar-refractivity contribution in [3.8, 4) is 11.5 Å². The minimum atomic E-state index is -0.312. The minimum Gasteiger partial charge on any atom is -0.480 e. The largest absolute Gasteiger partial charge is 0.480 e. The van der Waals surface area contributed by atoms with E-state index in [4.69, 9.17) is 9.05 Å². The highest BCUT2D eigenvalue weighted by atomic mass is 31.1. The van der Waals surface area contributed by atoms with Gasteiger partial charge in [-0.05, 0) is 12.1 Å². The van der Waals surface area contributed by atoms with Gasteiger partial charge in [-0.2, -0.15) is 0 Å². The maximum atomic E-state index is 5.83. The summed E-state index contributed by atoms with van der Waals surface area (Å²) in [5, 5.41) is 0. The van der Waals surface area contributed by atoms with Gasteiger partial charge in [-0.1, -0.05) is 19.9 Å². The van der Waals surface area contributed by atoms with Gasteiger partial charge in [0.25, 0.3) is 0 Å². The van der Waals surface area contributed by atoms with Crippen LogP contribution in [0, 0.1) is 0 Å². The van der Waals surface area contributed by atoms with Crippen molar-refractivity contribution in [2.75, 3.05) is 12.3 Å². The summed E-state index contributed by atoms with van der Waals surface area (Å²) in [6.45, 7) is 4.32. The van der Waals surface area contributed by atoms with Gasteiger partial charge >= 0.3 is 0 Å². The van der Waals surface area contributed by atoms with Gasteiger partial charge in [0.15, 0.2) is 0 Å². The highest BCUT2D eigenvalue weighted by Crippen LogP contribution is 2.38. The number of rotatable bonds is 5. The highest BCUT2D eigenvalue weighted by Gasteiger charge is 2.05. The maximum Gasteiger partial charge on any atom is 0.126 e. The van der Waals surface area contributed by atoms with Gasteiger partial charge in [-0.3, -0.25) is 0 Å². The van der Waals surface area contributed by atoms with E-state index in [9.17, 15) is 0 Å². The predicted octanol–water partition coefficient (Wildman–Crippen LogP) is 3.67. The molecule has 1 unspecified atom stereocenters. The van der Waals surface area contributed by atoms with Crippen molar-refractivity contribution in [2.45, 2.75) is 13.8 Å². The SMILES string of the molecule is CCP(CC)Oc1cccc(OP)c1. The van der Waals surface area contributed by atoms with Crippen LogP contribution in [0.5, 0.6) is 11.5 Å². The molecule has 0 aliphatic rings. The summed E-state index contributed by atoms with van der Waals surface area (Å²) in [7, 11) is 1.92. The third-order valence-electron chi connectivity index (χ3n) is 1.88. The van der Waals surface area contributed by atoms with Gasteiger partial charge in [0, 0.05) is 18.4 Å². The fraction of sp³-hybridized carbons (Fsp3) is 0.400. The molecular weight excluding hydrogens is 214 g/mol. The Morgan fingerprint density at radius 2 is 1.86 bits per heavy atom. The van der Waals surface area contributed by atoms with Crippen molar-refractivity contribution in [3.05, 3.63) is 24.3 Å². The van der Waals surface area contributed by atoms with Gasteiger partial charge < -0.3 is 9.05 Å². The molecular formula is C10H16O2P2. The Balaban J connectivity index is 2.65. The lowest BCUT2D eigenvalue weighted by molar-refractivity contribution is 0.598. The van der Waals surface area contributed by atoms with E-state index in [2.05, 4.69) is 23.3 Å². The van der Waals surface area contributed by atoms with Gasteiger partial charge in [-0.25, -0.2) is 0 Å². The second kappa shape index (κ2) is 6.22. The molecule has 0 heterocycles. The van der Waals surface area contributed by atoms with Gasteiger partial charge in [-0.15, -0.1) is 0 Å². The van der Waals surface area contributed by atoms with Crippen molar-refractivity contribution in [3.63, 3.8) is 0 Å². The van der Waals surface area contributed by atoms with E-state index in [0.717, 1.165) is 23.8 Å². The summed E-state index contributed by atoms with van der Waals surface area (Å²) in [6, 6.07) is 7.72. The van der Waals surface area contributed by atoms with E-state index < -0.39 is 0 Å². The van der Waals surface area contributed by atoms with Crippen molar-refractivity contribution < 1.29 is 9.05 Å². The molecule has 4 heteroatoms. The van der Waals surface area contributed by atoms with Crippen LogP contribution in [0.3, 0.4) is 0 Å². The number of benzene rings is 1. The first kappa shape index (κ1) is 11.8. The number of hydrogen-bond donors (Lipinski definition) is 0. The molecule has 0 saturated heterocycles. The quantitative estimate of drug-likeness (QED) is 0.718. The molecule has 0 spiro atoms. The molecule has 0 aromatic heterocycles. The standard InChI is InChI=1S/C10H16O2P2/c1-3-14(4-2)12-10-7-5-6-9(8-10)11-13/h5-8H,3-4,13H2,1-2H3. The smallest absolute Gasteiger partial charge is 0.126 e. The van der Waals surface area contributed by atoms with Crippen molar-refractivity contribution >= 4 is 17.6 Å². The van der Waals surface area contributed by atoms with Crippen molar-refractivity contribution in [1.29, 1.82) is 0 Å². The summed E-state index contributed by atoms with van der Waals surface area (Å²) in [5.74, 6) is 1.72. The van der Waals surface area contributed by atoms with Crippen LogP contribution in [0.4, 0.5) is 0 Å². The zero-order chi connectivity index (χ0) is 10.4.